The highest BCUT2D eigenvalue weighted by molar-refractivity contribution is 5.99. The topological polar surface area (TPSA) is 90.7 Å². The van der Waals surface area contributed by atoms with Gasteiger partial charge in [-0.2, -0.15) is 0 Å². The minimum atomic E-state index is -0.383. The van der Waals surface area contributed by atoms with Gasteiger partial charge in [-0.3, -0.25) is 0 Å². The van der Waals surface area contributed by atoms with Gasteiger partial charge in [-0.25, -0.2) is 9.59 Å². The molecule has 18 heavy (non-hydrogen) atoms. The van der Waals surface area contributed by atoms with Gasteiger partial charge in [-0.15, -0.1) is 0 Å². The van der Waals surface area contributed by atoms with E-state index in [9.17, 15) is 9.59 Å². The van der Waals surface area contributed by atoms with Crippen molar-refractivity contribution in [3.8, 4) is 0 Å². The minimum Gasteiger partial charge on any atom is -0.461 e. The number of H-pyrrole nitrogens is 3. The predicted molar refractivity (Wildman–Crippen MR) is 66.7 cm³/mol. The summed E-state index contributed by atoms with van der Waals surface area (Å²) >= 11 is 0. The van der Waals surface area contributed by atoms with E-state index in [-0.39, 0.29) is 11.7 Å². The van der Waals surface area contributed by atoms with Crippen LogP contribution in [0, 0.1) is 0 Å². The van der Waals surface area contributed by atoms with Crippen molar-refractivity contribution >= 4 is 27.9 Å². The molecule has 0 unspecified atom stereocenters. The Labute approximate surface area is 101 Å². The third kappa shape index (κ3) is 1.58. The van der Waals surface area contributed by atoms with Crippen molar-refractivity contribution in [2.45, 2.75) is 6.92 Å². The number of fused-ring (bicyclic) bond motifs is 2. The first-order chi connectivity index (χ1) is 8.67. The van der Waals surface area contributed by atoms with Crippen molar-refractivity contribution in [2.75, 3.05) is 6.61 Å². The summed E-state index contributed by atoms with van der Waals surface area (Å²) in [6.07, 6.45) is 0. The quantitative estimate of drug-likeness (QED) is 0.598. The van der Waals surface area contributed by atoms with E-state index in [4.69, 9.17) is 4.74 Å². The maximum absolute atomic E-state index is 11.6. The Kier molecular flexibility index (Phi) is 2.22. The molecule has 1 aromatic carbocycles. The van der Waals surface area contributed by atoms with Crippen LogP contribution in [0.3, 0.4) is 0 Å². The van der Waals surface area contributed by atoms with Crippen molar-refractivity contribution in [3.05, 3.63) is 34.4 Å². The lowest BCUT2D eigenvalue weighted by molar-refractivity contribution is 0.0520. The van der Waals surface area contributed by atoms with Crippen LogP contribution in [0.5, 0.6) is 0 Å². The lowest BCUT2D eigenvalue weighted by Gasteiger charge is -1.96. The Morgan fingerprint density at radius 2 is 1.83 bits per heavy atom. The van der Waals surface area contributed by atoms with Crippen LogP contribution in [0.1, 0.15) is 17.4 Å². The number of carbonyl (C=O) groups is 1. The number of aromatic nitrogens is 3. The summed E-state index contributed by atoms with van der Waals surface area (Å²) in [4.78, 5) is 31.0. The fourth-order valence-electron chi connectivity index (χ4n) is 1.98. The van der Waals surface area contributed by atoms with E-state index in [0.29, 0.717) is 23.3 Å². The summed E-state index contributed by atoms with van der Waals surface area (Å²) in [7, 11) is 0. The third-order valence-corrected chi connectivity index (χ3v) is 2.75. The molecule has 3 aromatic rings. The van der Waals surface area contributed by atoms with E-state index in [0.717, 1.165) is 10.9 Å². The van der Waals surface area contributed by atoms with E-state index < -0.39 is 0 Å². The molecule has 6 heteroatoms. The normalized spacial score (nSPS) is 11.2. The summed E-state index contributed by atoms with van der Waals surface area (Å²) in [5.74, 6) is -0.383. The molecule has 2 heterocycles. The van der Waals surface area contributed by atoms with Crippen molar-refractivity contribution < 1.29 is 9.53 Å². The van der Waals surface area contributed by atoms with Gasteiger partial charge in [0, 0.05) is 10.9 Å². The van der Waals surface area contributed by atoms with E-state index in [1.165, 1.54) is 0 Å². The number of ether oxygens (including phenoxy) is 1. The average molecular weight is 245 g/mol. The molecular formula is C12H11N3O3. The molecule has 3 N–H and O–H groups in total. The zero-order chi connectivity index (χ0) is 12.7. The second-order valence-corrected chi connectivity index (χ2v) is 3.97. The molecule has 0 radical (unpaired) electrons. The van der Waals surface area contributed by atoms with Crippen molar-refractivity contribution in [1.29, 1.82) is 0 Å². The molecule has 0 aliphatic heterocycles. The molecule has 0 aliphatic rings. The third-order valence-electron chi connectivity index (χ3n) is 2.75. The van der Waals surface area contributed by atoms with Gasteiger partial charge >= 0.3 is 11.7 Å². The van der Waals surface area contributed by atoms with Crippen molar-refractivity contribution in [1.82, 2.24) is 15.0 Å². The highest BCUT2D eigenvalue weighted by atomic mass is 16.5. The number of aromatic amines is 3. The van der Waals surface area contributed by atoms with Crippen LogP contribution in [-0.2, 0) is 4.74 Å². The second kappa shape index (κ2) is 3.76. The maximum atomic E-state index is 11.6. The molecule has 0 fully saturated rings. The van der Waals surface area contributed by atoms with Gasteiger partial charge in [-0.1, -0.05) is 0 Å². The molecule has 0 spiro atoms. The van der Waals surface area contributed by atoms with Crippen LogP contribution < -0.4 is 5.69 Å². The number of hydrogen-bond acceptors (Lipinski definition) is 3. The summed E-state index contributed by atoms with van der Waals surface area (Å²) in [6, 6.07) is 5.30. The average Bonchev–Trinajstić information content (AvgIpc) is 2.87. The molecule has 0 amide bonds. The molecule has 2 aromatic heterocycles. The van der Waals surface area contributed by atoms with E-state index in [2.05, 4.69) is 15.0 Å². The van der Waals surface area contributed by atoms with Crippen LogP contribution in [0.2, 0.25) is 0 Å². The molecule has 0 atom stereocenters. The van der Waals surface area contributed by atoms with Crippen LogP contribution in [-0.4, -0.2) is 27.5 Å². The Balaban J connectivity index is 2.17. The molecular weight excluding hydrogens is 234 g/mol. The Bertz CT molecular complexity index is 740. The van der Waals surface area contributed by atoms with E-state index >= 15 is 0 Å². The molecule has 92 valence electrons. The van der Waals surface area contributed by atoms with E-state index in [1.807, 2.05) is 6.07 Å². The van der Waals surface area contributed by atoms with Crippen LogP contribution in [0.15, 0.2) is 23.0 Å². The van der Waals surface area contributed by atoms with Gasteiger partial charge < -0.3 is 19.7 Å². The monoisotopic (exact) mass is 245 g/mol. The maximum Gasteiger partial charge on any atom is 0.354 e. The lowest BCUT2D eigenvalue weighted by atomic mass is 10.2. The minimum absolute atomic E-state index is 0.247. The fourth-order valence-corrected chi connectivity index (χ4v) is 1.98. The predicted octanol–water partition coefficient (Wildman–Crippen LogP) is 1.51. The first kappa shape index (κ1) is 10.6. The lowest BCUT2D eigenvalue weighted by Crippen LogP contribution is -2.04. The number of hydrogen-bond donors (Lipinski definition) is 3. The number of carbonyl (C=O) groups excluding carboxylic acids is 1. The molecule has 0 bridgehead atoms. The van der Waals surface area contributed by atoms with Crippen LogP contribution in [0.25, 0.3) is 21.9 Å². The Morgan fingerprint density at radius 3 is 2.56 bits per heavy atom. The number of imidazole rings is 1. The Morgan fingerprint density at radius 1 is 1.11 bits per heavy atom. The molecule has 0 saturated carbocycles. The van der Waals surface area contributed by atoms with Gasteiger partial charge in [0.15, 0.2) is 0 Å². The summed E-state index contributed by atoms with van der Waals surface area (Å²) in [5, 5.41) is 0.848. The van der Waals surface area contributed by atoms with Crippen LogP contribution >= 0.6 is 0 Å². The first-order valence-electron chi connectivity index (χ1n) is 5.59. The number of nitrogens with one attached hydrogen (secondary N) is 3. The Hall–Kier alpha value is -2.50. The molecule has 3 rings (SSSR count). The van der Waals surface area contributed by atoms with Gasteiger partial charge in [0.1, 0.15) is 5.69 Å². The van der Waals surface area contributed by atoms with Crippen molar-refractivity contribution in [2.24, 2.45) is 0 Å². The summed E-state index contributed by atoms with van der Waals surface area (Å²) < 4.78 is 4.92. The molecule has 0 saturated heterocycles. The van der Waals surface area contributed by atoms with E-state index in [1.54, 1.807) is 19.1 Å². The fraction of sp³-hybridized carbons (Fsp3) is 0.167. The highest BCUT2D eigenvalue weighted by Gasteiger charge is 2.11. The van der Waals surface area contributed by atoms with Gasteiger partial charge in [0.05, 0.1) is 17.6 Å². The standard InChI is InChI=1S/C12H11N3O3/c1-2-18-11(16)10-4-6-3-8-9(5-7(6)13-10)15-12(17)14-8/h3-5,13H,2H2,1H3,(H2,14,15,17). The molecule has 6 nitrogen and oxygen atoms in total. The van der Waals surface area contributed by atoms with Gasteiger partial charge in [-0.05, 0) is 25.1 Å². The van der Waals surface area contributed by atoms with Crippen molar-refractivity contribution in [3.63, 3.8) is 0 Å². The molecule has 0 aliphatic carbocycles. The highest BCUT2D eigenvalue weighted by Crippen LogP contribution is 2.20. The SMILES string of the molecule is CCOC(=O)c1cc2cc3[nH]c(=O)[nH]c3cc2[nH]1. The summed E-state index contributed by atoms with van der Waals surface area (Å²) in [5.41, 5.74) is 2.34. The first-order valence-corrected chi connectivity index (χ1v) is 5.59. The van der Waals surface area contributed by atoms with Crippen LogP contribution in [0.4, 0.5) is 0 Å². The smallest absolute Gasteiger partial charge is 0.354 e. The second-order valence-electron chi connectivity index (χ2n) is 3.97. The largest absolute Gasteiger partial charge is 0.461 e. The zero-order valence-corrected chi connectivity index (χ0v) is 9.66. The van der Waals surface area contributed by atoms with Gasteiger partial charge in [0.25, 0.3) is 0 Å². The number of benzene rings is 1. The summed E-state index contributed by atoms with van der Waals surface area (Å²) in [6.45, 7) is 2.09. The van der Waals surface area contributed by atoms with Gasteiger partial charge in [0.2, 0.25) is 0 Å². The number of rotatable bonds is 2. The zero-order valence-electron chi connectivity index (χ0n) is 9.66. The number of esters is 1.